The highest BCUT2D eigenvalue weighted by Gasteiger charge is 2.14. The predicted octanol–water partition coefficient (Wildman–Crippen LogP) is 4.25. The lowest BCUT2D eigenvalue weighted by Crippen LogP contribution is -2.29. The van der Waals surface area contributed by atoms with Crippen LogP contribution in [0.3, 0.4) is 0 Å². The molecule has 4 heteroatoms. The minimum atomic E-state index is 0.495. The summed E-state index contributed by atoms with van der Waals surface area (Å²) in [5.74, 6) is 1.04. The molecule has 0 aliphatic carbocycles. The fourth-order valence-corrected chi connectivity index (χ4v) is 2.88. The lowest BCUT2D eigenvalue weighted by molar-refractivity contribution is 0.189. The van der Waals surface area contributed by atoms with Gasteiger partial charge >= 0.3 is 0 Å². The van der Waals surface area contributed by atoms with E-state index in [4.69, 9.17) is 4.42 Å². The summed E-state index contributed by atoms with van der Waals surface area (Å²) < 4.78 is 5.72. The summed E-state index contributed by atoms with van der Waals surface area (Å²) in [6.45, 7) is 11.5. The first-order valence-electron chi connectivity index (χ1n) is 7.60. The van der Waals surface area contributed by atoms with Gasteiger partial charge in [0.15, 0.2) is 0 Å². The summed E-state index contributed by atoms with van der Waals surface area (Å²) in [4.78, 5) is 3.83. The normalized spacial score (nSPS) is 12.0. The Labute approximate surface area is 132 Å². The third-order valence-corrected chi connectivity index (χ3v) is 4.31. The molecule has 1 N–H and O–H groups in total. The van der Waals surface area contributed by atoms with E-state index in [0.717, 1.165) is 25.4 Å². The molecule has 0 bridgehead atoms. The summed E-state index contributed by atoms with van der Waals surface area (Å²) in [6, 6.07) is 7.46. The van der Waals surface area contributed by atoms with Crippen LogP contribution in [0.4, 0.5) is 0 Å². The van der Waals surface area contributed by atoms with E-state index >= 15 is 0 Å². The summed E-state index contributed by atoms with van der Waals surface area (Å²) in [6.07, 6.45) is 1.87. The Bertz CT molecular complexity index is 517. The van der Waals surface area contributed by atoms with Gasteiger partial charge in [0.2, 0.25) is 0 Å². The number of rotatable bonds is 8. The van der Waals surface area contributed by atoms with Crippen molar-refractivity contribution in [3.05, 3.63) is 46.0 Å². The molecule has 0 atom stereocenters. The van der Waals surface area contributed by atoms with Gasteiger partial charge in [-0.2, -0.15) is 0 Å². The molecule has 0 spiro atoms. The van der Waals surface area contributed by atoms with Crippen molar-refractivity contribution >= 4 is 11.3 Å². The lowest BCUT2D eigenvalue weighted by atomic mass is 10.2. The van der Waals surface area contributed by atoms with Crippen molar-refractivity contribution in [2.75, 3.05) is 0 Å². The number of furan rings is 1. The maximum Gasteiger partial charge on any atom is 0.118 e. The number of hydrogen-bond acceptors (Lipinski definition) is 4. The Balaban J connectivity index is 1.94. The van der Waals surface area contributed by atoms with Crippen molar-refractivity contribution in [3.63, 3.8) is 0 Å². The van der Waals surface area contributed by atoms with Crippen molar-refractivity contribution in [2.24, 2.45) is 0 Å². The zero-order valence-electron chi connectivity index (χ0n) is 13.4. The van der Waals surface area contributed by atoms with Gasteiger partial charge in [0.25, 0.3) is 0 Å². The predicted molar refractivity (Wildman–Crippen MR) is 89.4 cm³/mol. The average Bonchev–Trinajstić information content (AvgIpc) is 3.07. The van der Waals surface area contributed by atoms with Crippen LogP contribution < -0.4 is 5.32 Å². The molecule has 0 amide bonds. The van der Waals surface area contributed by atoms with Gasteiger partial charge in [-0.1, -0.05) is 19.9 Å². The zero-order valence-corrected chi connectivity index (χ0v) is 14.2. The van der Waals surface area contributed by atoms with E-state index in [2.05, 4.69) is 61.5 Å². The van der Waals surface area contributed by atoms with Crippen LogP contribution in [0.5, 0.6) is 0 Å². The molecule has 2 rings (SSSR count). The molecule has 0 saturated carbocycles. The van der Waals surface area contributed by atoms with E-state index in [1.165, 1.54) is 10.4 Å². The molecular weight excluding hydrogens is 280 g/mol. The fraction of sp³-hybridized carbons (Fsp3) is 0.529. The Kier molecular flexibility index (Phi) is 6.03. The van der Waals surface area contributed by atoms with E-state index in [0.29, 0.717) is 12.1 Å². The molecule has 2 heterocycles. The maximum atomic E-state index is 5.72. The standard InChI is InChI=1S/C17H26N2OS/c1-13(2)18-9-15-8-16(20-12-15)10-19(14(3)4)11-17-6-5-7-21-17/h5-8,12-14,18H,9-11H2,1-4H3. The third-order valence-electron chi connectivity index (χ3n) is 3.45. The Morgan fingerprint density at radius 1 is 1.24 bits per heavy atom. The minimum Gasteiger partial charge on any atom is -0.468 e. The summed E-state index contributed by atoms with van der Waals surface area (Å²) in [5, 5.41) is 5.55. The minimum absolute atomic E-state index is 0.495. The van der Waals surface area contributed by atoms with Crippen molar-refractivity contribution < 1.29 is 4.42 Å². The third kappa shape index (κ3) is 5.30. The second kappa shape index (κ2) is 7.78. The Hall–Kier alpha value is -1.10. The Morgan fingerprint density at radius 3 is 2.67 bits per heavy atom. The van der Waals surface area contributed by atoms with Gasteiger partial charge in [-0.25, -0.2) is 0 Å². The van der Waals surface area contributed by atoms with Gasteiger partial charge < -0.3 is 9.73 Å². The highest BCUT2D eigenvalue weighted by atomic mass is 32.1. The molecule has 0 aromatic carbocycles. The smallest absolute Gasteiger partial charge is 0.118 e. The van der Waals surface area contributed by atoms with Crippen molar-refractivity contribution in [1.29, 1.82) is 0 Å². The highest BCUT2D eigenvalue weighted by Crippen LogP contribution is 2.18. The van der Waals surface area contributed by atoms with Crippen molar-refractivity contribution in [2.45, 2.75) is 59.4 Å². The molecule has 21 heavy (non-hydrogen) atoms. The van der Waals surface area contributed by atoms with Gasteiger partial charge in [-0.05, 0) is 31.4 Å². The largest absolute Gasteiger partial charge is 0.468 e. The van der Waals surface area contributed by atoms with Crippen molar-refractivity contribution in [3.8, 4) is 0 Å². The average molecular weight is 306 g/mol. The van der Waals surface area contributed by atoms with Crippen LogP contribution in [-0.4, -0.2) is 17.0 Å². The molecule has 0 aliphatic rings. The lowest BCUT2D eigenvalue weighted by Gasteiger charge is -2.24. The highest BCUT2D eigenvalue weighted by molar-refractivity contribution is 7.09. The number of thiophene rings is 1. The second-order valence-electron chi connectivity index (χ2n) is 6.03. The molecule has 0 unspecified atom stereocenters. The first-order chi connectivity index (χ1) is 10.0. The molecular formula is C17H26N2OS. The van der Waals surface area contributed by atoms with E-state index in [1.807, 2.05) is 17.6 Å². The Morgan fingerprint density at radius 2 is 2.05 bits per heavy atom. The summed E-state index contributed by atoms with van der Waals surface area (Å²) >= 11 is 1.81. The van der Waals surface area contributed by atoms with Gasteiger partial charge in [-0.15, -0.1) is 11.3 Å². The topological polar surface area (TPSA) is 28.4 Å². The first kappa shape index (κ1) is 16.3. The molecule has 0 saturated heterocycles. The molecule has 2 aromatic heterocycles. The first-order valence-corrected chi connectivity index (χ1v) is 8.48. The molecule has 2 aromatic rings. The molecule has 0 fully saturated rings. The SMILES string of the molecule is CC(C)NCc1coc(CN(Cc2cccs2)C(C)C)c1. The van der Waals surface area contributed by atoms with E-state index in [9.17, 15) is 0 Å². The molecule has 116 valence electrons. The second-order valence-corrected chi connectivity index (χ2v) is 7.07. The van der Waals surface area contributed by atoms with Crippen LogP contribution in [0.15, 0.2) is 34.3 Å². The quantitative estimate of drug-likeness (QED) is 0.790. The van der Waals surface area contributed by atoms with Crippen LogP contribution >= 0.6 is 11.3 Å². The number of nitrogens with zero attached hydrogens (tertiary/aromatic N) is 1. The van der Waals surface area contributed by atoms with Gasteiger partial charge in [0.1, 0.15) is 5.76 Å². The van der Waals surface area contributed by atoms with Crippen LogP contribution in [0.2, 0.25) is 0 Å². The van der Waals surface area contributed by atoms with Crippen LogP contribution in [0.25, 0.3) is 0 Å². The fourth-order valence-electron chi connectivity index (χ4n) is 2.15. The molecule has 3 nitrogen and oxygen atoms in total. The summed E-state index contributed by atoms with van der Waals surface area (Å²) in [7, 11) is 0. The van der Waals surface area contributed by atoms with E-state index in [-0.39, 0.29) is 0 Å². The maximum absolute atomic E-state index is 5.72. The number of hydrogen-bond donors (Lipinski definition) is 1. The number of nitrogens with one attached hydrogen (secondary N) is 1. The monoisotopic (exact) mass is 306 g/mol. The van der Waals surface area contributed by atoms with Gasteiger partial charge in [0, 0.05) is 35.6 Å². The van der Waals surface area contributed by atoms with Gasteiger partial charge in [0.05, 0.1) is 12.8 Å². The van der Waals surface area contributed by atoms with Crippen LogP contribution in [0, 0.1) is 0 Å². The van der Waals surface area contributed by atoms with Crippen LogP contribution in [0.1, 0.15) is 43.9 Å². The van der Waals surface area contributed by atoms with Gasteiger partial charge in [-0.3, -0.25) is 4.90 Å². The van der Waals surface area contributed by atoms with E-state index in [1.54, 1.807) is 0 Å². The van der Waals surface area contributed by atoms with Crippen LogP contribution in [-0.2, 0) is 19.6 Å². The molecule has 0 radical (unpaired) electrons. The summed E-state index contributed by atoms with van der Waals surface area (Å²) in [5.41, 5.74) is 1.22. The molecule has 0 aliphatic heterocycles. The zero-order chi connectivity index (χ0) is 15.2. The van der Waals surface area contributed by atoms with E-state index < -0.39 is 0 Å². The van der Waals surface area contributed by atoms with Crippen molar-refractivity contribution in [1.82, 2.24) is 10.2 Å².